The van der Waals surface area contributed by atoms with Crippen LogP contribution >= 0.6 is 27.5 Å². The summed E-state index contributed by atoms with van der Waals surface area (Å²) >= 11 is 9.47. The maximum absolute atomic E-state index is 11.2. The van der Waals surface area contributed by atoms with E-state index in [9.17, 15) is 13.2 Å². The van der Waals surface area contributed by atoms with Gasteiger partial charge < -0.3 is 0 Å². The number of hydrogen-bond donors (Lipinski definition) is 0. The maximum Gasteiger partial charge on any atom is 0.153 e. The normalized spacial score (nSPS) is 11.6. The highest BCUT2D eigenvalue weighted by Crippen LogP contribution is 2.31. The molecule has 0 aliphatic carbocycles. The molecule has 21 heavy (non-hydrogen) atoms. The standard InChI is InChI=1S/C13H12BrClN2O3S/c1-21(19,20)5-4-17-7-9(8-18)13(16-17)11-3-2-10(14)6-12(11)15/h2-3,6-8H,4-5H2,1H3. The molecular weight excluding hydrogens is 380 g/mol. The summed E-state index contributed by atoms with van der Waals surface area (Å²) in [5, 5.41) is 4.73. The van der Waals surface area contributed by atoms with Crippen molar-refractivity contribution in [1.29, 1.82) is 0 Å². The fourth-order valence-electron chi connectivity index (χ4n) is 1.79. The molecule has 0 N–H and O–H groups in total. The van der Waals surface area contributed by atoms with Crippen molar-refractivity contribution in [3.63, 3.8) is 0 Å². The second-order valence-electron chi connectivity index (χ2n) is 4.57. The van der Waals surface area contributed by atoms with Crippen LogP contribution in [0.4, 0.5) is 0 Å². The Balaban J connectivity index is 2.39. The van der Waals surface area contributed by atoms with Gasteiger partial charge in [-0.3, -0.25) is 9.48 Å². The minimum atomic E-state index is -3.09. The largest absolute Gasteiger partial charge is 0.298 e. The van der Waals surface area contributed by atoms with Crippen molar-refractivity contribution in [1.82, 2.24) is 9.78 Å². The summed E-state index contributed by atoms with van der Waals surface area (Å²) in [7, 11) is -3.09. The molecule has 1 aromatic heterocycles. The molecule has 5 nitrogen and oxygen atoms in total. The predicted molar refractivity (Wildman–Crippen MR) is 85.5 cm³/mol. The Hall–Kier alpha value is -1.18. The summed E-state index contributed by atoms with van der Waals surface area (Å²) in [6, 6.07) is 5.26. The predicted octanol–water partition coefficient (Wildman–Crippen LogP) is 2.82. The molecule has 1 heterocycles. The number of hydrogen-bond acceptors (Lipinski definition) is 4. The Morgan fingerprint density at radius 1 is 1.43 bits per heavy atom. The van der Waals surface area contributed by atoms with Gasteiger partial charge in [-0.05, 0) is 12.1 Å². The highest BCUT2D eigenvalue weighted by molar-refractivity contribution is 9.10. The minimum absolute atomic E-state index is 0.0412. The van der Waals surface area contributed by atoms with E-state index in [2.05, 4.69) is 21.0 Å². The number of rotatable bonds is 5. The molecule has 0 bridgehead atoms. The second-order valence-corrected chi connectivity index (χ2v) is 8.15. The van der Waals surface area contributed by atoms with Crippen molar-refractivity contribution >= 4 is 43.7 Å². The highest BCUT2D eigenvalue weighted by atomic mass is 79.9. The third kappa shape index (κ3) is 4.15. The first-order valence-electron chi connectivity index (χ1n) is 5.96. The molecule has 0 unspecified atom stereocenters. The molecular formula is C13H12BrClN2O3S. The van der Waals surface area contributed by atoms with Gasteiger partial charge in [-0.1, -0.05) is 33.6 Å². The average Bonchev–Trinajstić information content (AvgIpc) is 2.79. The zero-order chi connectivity index (χ0) is 15.6. The molecule has 0 aliphatic rings. The van der Waals surface area contributed by atoms with Crippen LogP contribution in [0.1, 0.15) is 10.4 Å². The molecule has 0 saturated heterocycles. The van der Waals surface area contributed by atoms with Crippen LogP contribution in [-0.2, 0) is 16.4 Å². The summed E-state index contributed by atoms with van der Waals surface area (Å²) in [5.41, 5.74) is 1.43. The van der Waals surface area contributed by atoms with Gasteiger partial charge in [0.15, 0.2) is 6.29 Å². The van der Waals surface area contributed by atoms with Crippen LogP contribution in [0.5, 0.6) is 0 Å². The van der Waals surface area contributed by atoms with Gasteiger partial charge in [-0.2, -0.15) is 5.10 Å². The van der Waals surface area contributed by atoms with E-state index >= 15 is 0 Å². The van der Waals surface area contributed by atoms with Crippen LogP contribution in [0.25, 0.3) is 11.3 Å². The average molecular weight is 392 g/mol. The molecule has 8 heteroatoms. The van der Waals surface area contributed by atoms with Crippen molar-refractivity contribution in [3.05, 3.63) is 39.5 Å². The summed E-state index contributed by atoms with van der Waals surface area (Å²) in [6.07, 6.45) is 3.35. The van der Waals surface area contributed by atoms with E-state index < -0.39 is 9.84 Å². The van der Waals surface area contributed by atoms with Gasteiger partial charge in [-0.15, -0.1) is 0 Å². The van der Waals surface area contributed by atoms with E-state index in [4.69, 9.17) is 11.6 Å². The van der Waals surface area contributed by atoms with Crippen LogP contribution in [0.15, 0.2) is 28.9 Å². The Bertz CT molecular complexity index is 787. The lowest BCUT2D eigenvalue weighted by molar-refractivity contribution is 0.112. The second kappa shape index (κ2) is 6.29. The monoisotopic (exact) mass is 390 g/mol. The molecule has 0 radical (unpaired) electrons. The van der Waals surface area contributed by atoms with Crippen molar-refractivity contribution < 1.29 is 13.2 Å². The zero-order valence-corrected chi connectivity index (χ0v) is 14.2. The van der Waals surface area contributed by atoms with Gasteiger partial charge in [-0.25, -0.2) is 8.42 Å². The molecule has 2 rings (SSSR count). The topological polar surface area (TPSA) is 69.0 Å². The van der Waals surface area contributed by atoms with Gasteiger partial charge >= 0.3 is 0 Å². The zero-order valence-electron chi connectivity index (χ0n) is 11.1. The number of aldehydes is 1. The van der Waals surface area contributed by atoms with Crippen molar-refractivity contribution in [2.24, 2.45) is 0 Å². The minimum Gasteiger partial charge on any atom is -0.298 e. The SMILES string of the molecule is CS(=O)(=O)CCn1cc(C=O)c(-c2ccc(Br)cc2Cl)n1. The van der Waals surface area contributed by atoms with E-state index in [1.54, 1.807) is 18.2 Å². The number of halogens is 2. The Morgan fingerprint density at radius 2 is 2.14 bits per heavy atom. The third-order valence-corrected chi connectivity index (χ3v) is 4.52. The summed E-state index contributed by atoms with van der Waals surface area (Å²) in [5.74, 6) is -0.0412. The summed E-state index contributed by atoms with van der Waals surface area (Å²) in [6.45, 7) is 0.188. The molecule has 0 amide bonds. The number of benzene rings is 1. The molecule has 0 atom stereocenters. The van der Waals surface area contributed by atoms with Gasteiger partial charge in [0.25, 0.3) is 0 Å². The first-order valence-corrected chi connectivity index (χ1v) is 9.19. The molecule has 0 saturated carbocycles. The number of nitrogens with zero attached hydrogens (tertiary/aromatic N) is 2. The number of carbonyl (C=O) groups excluding carboxylic acids is 1. The van der Waals surface area contributed by atoms with Crippen molar-refractivity contribution in [3.8, 4) is 11.3 Å². The van der Waals surface area contributed by atoms with Gasteiger partial charge in [0.05, 0.1) is 22.9 Å². The molecule has 2 aromatic rings. The molecule has 1 aromatic carbocycles. The molecule has 0 fully saturated rings. The Labute approximate surface area is 136 Å². The van der Waals surface area contributed by atoms with Crippen molar-refractivity contribution in [2.75, 3.05) is 12.0 Å². The summed E-state index contributed by atoms with van der Waals surface area (Å²) < 4.78 is 24.6. The lowest BCUT2D eigenvalue weighted by atomic mass is 10.1. The van der Waals surface area contributed by atoms with Gasteiger partial charge in [0, 0.05) is 22.5 Å². The van der Waals surface area contributed by atoms with Crippen LogP contribution in [0, 0.1) is 0 Å². The third-order valence-electron chi connectivity index (χ3n) is 2.79. The smallest absolute Gasteiger partial charge is 0.153 e. The molecule has 112 valence electrons. The number of carbonyl (C=O) groups is 1. The van der Waals surface area contributed by atoms with Gasteiger partial charge in [0.2, 0.25) is 0 Å². The van der Waals surface area contributed by atoms with E-state index in [0.29, 0.717) is 28.1 Å². The Kier molecular flexibility index (Phi) is 4.85. The van der Waals surface area contributed by atoms with E-state index in [1.165, 1.54) is 10.9 Å². The first-order chi connectivity index (χ1) is 9.80. The Morgan fingerprint density at radius 3 is 2.71 bits per heavy atom. The molecule has 0 aliphatic heterocycles. The summed E-state index contributed by atoms with van der Waals surface area (Å²) in [4.78, 5) is 11.2. The fourth-order valence-corrected chi connectivity index (χ4v) is 3.07. The lowest BCUT2D eigenvalue weighted by Gasteiger charge is -2.03. The lowest BCUT2D eigenvalue weighted by Crippen LogP contribution is -2.11. The van der Waals surface area contributed by atoms with E-state index in [0.717, 1.165) is 10.7 Å². The van der Waals surface area contributed by atoms with E-state index in [-0.39, 0.29) is 12.3 Å². The van der Waals surface area contributed by atoms with E-state index in [1.807, 2.05) is 0 Å². The van der Waals surface area contributed by atoms with Gasteiger partial charge in [0.1, 0.15) is 15.5 Å². The fraction of sp³-hybridized carbons (Fsp3) is 0.231. The highest BCUT2D eigenvalue weighted by Gasteiger charge is 2.14. The van der Waals surface area contributed by atoms with Crippen LogP contribution < -0.4 is 0 Å². The van der Waals surface area contributed by atoms with Crippen molar-refractivity contribution in [2.45, 2.75) is 6.54 Å². The van der Waals surface area contributed by atoms with Crippen LogP contribution in [0.3, 0.4) is 0 Å². The number of aryl methyl sites for hydroxylation is 1. The number of aromatic nitrogens is 2. The first kappa shape index (κ1) is 16.2. The maximum atomic E-state index is 11.2. The molecule has 0 spiro atoms. The quantitative estimate of drug-likeness (QED) is 0.735. The van der Waals surface area contributed by atoms with Crippen LogP contribution in [-0.4, -0.2) is 36.5 Å². The van der Waals surface area contributed by atoms with Crippen LogP contribution in [0.2, 0.25) is 5.02 Å². The number of sulfone groups is 1.